The van der Waals surface area contributed by atoms with E-state index < -0.39 is 47.1 Å². The highest BCUT2D eigenvalue weighted by Gasteiger charge is 2.65. The molecule has 204 valence electrons. The van der Waals surface area contributed by atoms with Gasteiger partial charge in [-0.05, 0) is 31.7 Å². The van der Waals surface area contributed by atoms with Crippen molar-refractivity contribution in [3.63, 3.8) is 0 Å². The summed E-state index contributed by atoms with van der Waals surface area (Å²) < 4.78 is 88.7. The van der Waals surface area contributed by atoms with Crippen LogP contribution in [0.1, 0.15) is 48.4 Å². The SMILES string of the molecule is COc1c([C@H]2[C@H](c3cc(OCc4ccccc4)c(SC)c(C)n3)O[C@@](C)(C(F)(F)F)[C@H]2C)ccc(F)c1F. The van der Waals surface area contributed by atoms with Crippen molar-refractivity contribution >= 4 is 11.8 Å². The van der Waals surface area contributed by atoms with Crippen LogP contribution in [0.25, 0.3) is 0 Å². The second-order valence-electron chi connectivity index (χ2n) is 9.38. The highest BCUT2D eigenvalue weighted by molar-refractivity contribution is 7.98. The number of pyridine rings is 1. The molecule has 0 spiro atoms. The minimum Gasteiger partial charge on any atom is -0.493 e. The molecule has 1 aliphatic heterocycles. The van der Waals surface area contributed by atoms with Crippen molar-refractivity contribution in [3.05, 3.63) is 82.7 Å². The molecule has 0 amide bonds. The Balaban J connectivity index is 1.85. The standard InChI is InChI=1S/C28H28F5NO3S/c1-15-22(18-11-12-19(29)23(30)24(18)35-4)25(37-27(15,3)28(31,32)33)20-13-21(26(38-5)16(2)34-20)36-14-17-9-7-6-8-10-17/h6-13,15,22,25H,14H2,1-5H3/t15-,22-,25-,27+/m0/s1. The number of halogens is 5. The first-order valence-corrected chi connectivity index (χ1v) is 13.1. The van der Waals surface area contributed by atoms with Gasteiger partial charge in [-0.3, -0.25) is 4.98 Å². The quantitative estimate of drug-likeness (QED) is 0.221. The number of thioether (sulfide) groups is 1. The van der Waals surface area contributed by atoms with Gasteiger partial charge in [-0.2, -0.15) is 17.6 Å². The molecule has 3 aromatic rings. The van der Waals surface area contributed by atoms with Crippen molar-refractivity contribution in [1.29, 1.82) is 0 Å². The second kappa shape index (κ2) is 10.7. The zero-order valence-corrected chi connectivity index (χ0v) is 22.3. The molecule has 1 saturated heterocycles. The maximum atomic E-state index is 14.7. The molecule has 2 heterocycles. The number of alkyl halides is 3. The summed E-state index contributed by atoms with van der Waals surface area (Å²) >= 11 is 1.40. The van der Waals surface area contributed by atoms with Crippen LogP contribution in [0, 0.1) is 24.5 Å². The zero-order chi connectivity index (χ0) is 27.8. The molecule has 10 heteroatoms. The van der Waals surface area contributed by atoms with Crippen LogP contribution in [0.3, 0.4) is 0 Å². The van der Waals surface area contributed by atoms with Crippen LogP contribution in [-0.2, 0) is 11.3 Å². The summed E-state index contributed by atoms with van der Waals surface area (Å²) in [5.41, 5.74) is -0.866. The summed E-state index contributed by atoms with van der Waals surface area (Å²) in [6, 6.07) is 13.1. The number of nitrogens with zero attached hydrogens (tertiary/aromatic N) is 1. The summed E-state index contributed by atoms with van der Waals surface area (Å²) in [5, 5.41) is 0. The van der Waals surface area contributed by atoms with Gasteiger partial charge in [-0.15, -0.1) is 11.8 Å². The highest BCUT2D eigenvalue weighted by atomic mass is 32.2. The average molecular weight is 554 g/mol. The molecule has 4 atom stereocenters. The van der Waals surface area contributed by atoms with E-state index in [1.54, 1.807) is 13.0 Å². The molecule has 4 nitrogen and oxygen atoms in total. The molecule has 1 aromatic heterocycles. The molecule has 0 unspecified atom stereocenters. The number of aryl methyl sites for hydroxylation is 1. The molecule has 38 heavy (non-hydrogen) atoms. The van der Waals surface area contributed by atoms with Gasteiger partial charge in [-0.25, -0.2) is 4.39 Å². The lowest BCUT2D eigenvalue weighted by atomic mass is 9.76. The monoisotopic (exact) mass is 553 g/mol. The normalized spacial score (nSPS) is 23.5. The molecule has 2 aromatic carbocycles. The van der Waals surface area contributed by atoms with Crippen LogP contribution in [-0.4, -0.2) is 30.1 Å². The Morgan fingerprint density at radius 2 is 1.79 bits per heavy atom. The van der Waals surface area contributed by atoms with E-state index in [-0.39, 0.29) is 17.9 Å². The predicted octanol–water partition coefficient (Wildman–Crippen LogP) is 7.79. The summed E-state index contributed by atoms with van der Waals surface area (Å²) in [4.78, 5) is 5.33. The molecule has 0 saturated carbocycles. The van der Waals surface area contributed by atoms with E-state index in [1.165, 1.54) is 24.8 Å². The van der Waals surface area contributed by atoms with Crippen LogP contribution >= 0.6 is 11.8 Å². The van der Waals surface area contributed by atoms with E-state index in [0.717, 1.165) is 30.6 Å². The van der Waals surface area contributed by atoms with E-state index in [4.69, 9.17) is 14.2 Å². The number of methoxy groups -OCH3 is 1. The Hall–Kier alpha value is -2.85. The number of hydrogen-bond acceptors (Lipinski definition) is 5. The fraction of sp³-hybridized carbons (Fsp3) is 0.393. The molecule has 0 radical (unpaired) electrons. The minimum absolute atomic E-state index is 0.0667. The number of ether oxygens (including phenoxy) is 3. The Kier molecular flexibility index (Phi) is 7.95. The van der Waals surface area contributed by atoms with Crippen LogP contribution in [0.4, 0.5) is 22.0 Å². The summed E-state index contributed by atoms with van der Waals surface area (Å²) in [6.45, 7) is 4.32. The molecule has 0 N–H and O–H groups in total. The molecule has 0 bridgehead atoms. The molecule has 0 aliphatic carbocycles. The fourth-order valence-electron chi connectivity index (χ4n) is 4.96. The maximum absolute atomic E-state index is 14.7. The van der Waals surface area contributed by atoms with E-state index in [2.05, 4.69) is 4.98 Å². The lowest BCUT2D eigenvalue weighted by Gasteiger charge is -2.32. The maximum Gasteiger partial charge on any atom is 0.417 e. The van der Waals surface area contributed by atoms with Gasteiger partial charge in [0.25, 0.3) is 0 Å². The van der Waals surface area contributed by atoms with Gasteiger partial charge in [-0.1, -0.05) is 43.3 Å². The summed E-state index contributed by atoms with van der Waals surface area (Å²) in [5.74, 6) is -4.70. The van der Waals surface area contributed by atoms with Crippen LogP contribution < -0.4 is 9.47 Å². The van der Waals surface area contributed by atoms with Crippen molar-refractivity contribution in [1.82, 2.24) is 4.98 Å². The largest absolute Gasteiger partial charge is 0.493 e. The van der Waals surface area contributed by atoms with Crippen molar-refractivity contribution < 1.29 is 36.2 Å². The van der Waals surface area contributed by atoms with Crippen molar-refractivity contribution in [2.24, 2.45) is 5.92 Å². The van der Waals surface area contributed by atoms with E-state index in [1.807, 2.05) is 36.6 Å². The first kappa shape index (κ1) is 28.2. The van der Waals surface area contributed by atoms with Crippen LogP contribution in [0.2, 0.25) is 0 Å². The van der Waals surface area contributed by atoms with Gasteiger partial charge in [0.05, 0.1) is 23.4 Å². The van der Waals surface area contributed by atoms with Gasteiger partial charge in [0, 0.05) is 23.5 Å². The predicted molar refractivity (Wildman–Crippen MR) is 135 cm³/mol. The topological polar surface area (TPSA) is 40.6 Å². The Labute approximate surface area is 222 Å². The van der Waals surface area contributed by atoms with Crippen molar-refractivity contribution in [2.45, 2.75) is 56.1 Å². The first-order chi connectivity index (χ1) is 17.9. The fourth-order valence-corrected chi connectivity index (χ4v) is 5.62. The highest BCUT2D eigenvalue weighted by Crippen LogP contribution is 2.59. The molecule has 4 rings (SSSR count). The first-order valence-electron chi connectivity index (χ1n) is 11.9. The van der Waals surface area contributed by atoms with E-state index in [9.17, 15) is 22.0 Å². The van der Waals surface area contributed by atoms with E-state index in [0.29, 0.717) is 11.4 Å². The Morgan fingerprint density at radius 3 is 2.39 bits per heavy atom. The van der Waals surface area contributed by atoms with Gasteiger partial charge in [0.2, 0.25) is 5.82 Å². The Morgan fingerprint density at radius 1 is 1.11 bits per heavy atom. The molecule has 1 fully saturated rings. The van der Waals surface area contributed by atoms with Gasteiger partial charge < -0.3 is 14.2 Å². The average Bonchev–Trinajstić information content (AvgIpc) is 3.16. The minimum atomic E-state index is -4.74. The van der Waals surface area contributed by atoms with Crippen LogP contribution in [0.15, 0.2) is 53.4 Å². The molecule has 1 aliphatic rings. The molecular weight excluding hydrogens is 525 g/mol. The summed E-state index contributed by atoms with van der Waals surface area (Å²) in [7, 11) is 1.14. The number of benzene rings is 2. The number of hydrogen-bond donors (Lipinski definition) is 0. The Bertz CT molecular complexity index is 1300. The van der Waals surface area contributed by atoms with Gasteiger partial charge in [0.1, 0.15) is 18.5 Å². The lowest BCUT2D eigenvalue weighted by Crippen LogP contribution is -2.46. The molecular formula is C28H28F5NO3S. The third kappa shape index (κ3) is 4.96. The number of aromatic nitrogens is 1. The lowest BCUT2D eigenvalue weighted by molar-refractivity contribution is -0.275. The van der Waals surface area contributed by atoms with E-state index >= 15 is 0 Å². The second-order valence-corrected chi connectivity index (χ2v) is 10.2. The third-order valence-corrected chi connectivity index (χ3v) is 8.08. The van der Waals surface area contributed by atoms with Gasteiger partial charge in [0.15, 0.2) is 17.2 Å². The van der Waals surface area contributed by atoms with Crippen LogP contribution in [0.5, 0.6) is 11.5 Å². The van der Waals surface area contributed by atoms with Crippen molar-refractivity contribution in [2.75, 3.05) is 13.4 Å². The van der Waals surface area contributed by atoms with Gasteiger partial charge >= 0.3 is 6.18 Å². The third-order valence-electron chi connectivity index (χ3n) is 7.17. The summed E-state index contributed by atoms with van der Waals surface area (Å²) in [6.07, 6.45) is -4.14. The van der Waals surface area contributed by atoms with Crippen molar-refractivity contribution in [3.8, 4) is 11.5 Å². The smallest absolute Gasteiger partial charge is 0.417 e. The number of rotatable bonds is 7. The zero-order valence-electron chi connectivity index (χ0n) is 21.5.